The van der Waals surface area contributed by atoms with Gasteiger partial charge in [0.15, 0.2) is 10.3 Å². The zero-order valence-corrected chi connectivity index (χ0v) is 20.7. The number of imidazole rings is 1. The van der Waals surface area contributed by atoms with Gasteiger partial charge in [0.2, 0.25) is 0 Å². The van der Waals surface area contributed by atoms with Crippen LogP contribution in [0, 0.1) is 0 Å². The Morgan fingerprint density at radius 1 is 1.18 bits per heavy atom. The molecule has 33 heavy (non-hydrogen) atoms. The molecule has 0 unspecified atom stereocenters. The van der Waals surface area contributed by atoms with Crippen LogP contribution in [0.1, 0.15) is 24.1 Å². The van der Waals surface area contributed by atoms with E-state index >= 15 is 0 Å². The number of amides is 1. The summed E-state index contributed by atoms with van der Waals surface area (Å²) in [6.07, 6.45) is 5.41. The summed E-state index contributed by atoms with van der Waals surface area (Å²) in [5, 5.41) is 8.13. The molecule has 170 valence electrons. The maximum atomic E-state index is 12.4. The highest BCUT2D eigenvalue weighted by atomic mass is 32.2. The molecule has 1 N–H and O–H groups in total. The maximum Gasteiger partial charge on any atom is 0.250 e. The van der Waals surface area contributed by atoms with Gasteiger partial charge in [-0.25, -0.2) is 15.4 Å². The molecule has 4 heterocycles. The molecule has 4 aromatic rings. The van der Waals surface area contributed by atoms with Gasteiger partial charge in [0.1, 0.15) is 5.69 Å². The lowest BCUT2D eigenvalue weighted by molar-refractivity contribution is -0.118. The fraction of sp³-hybridized carbons (Fsp3) is 0.304. The number of benzene rings is 1. The molecule has 10 heteroatoms. The average Bonchev–Trinajstić information content (AvgIpc) is 3.58. The molecule has 1 amide bonds. The molecule has 5 rings (SSSR count). The van der Waals surface area contributed by atoms with Crippen LogP contribution in [-0.4, -0.2) is 45.5 Å². The Hall–Kier alpha value is -2.69. The Balaban J connectivity index is 1.25. The van der Waals surface area contributed by atoms with Crippen molar-refractivity contribution in [3.05, 3.63) is 46.7 Å². The van der Waals surface area contributed by atoms with Crippen molar-refractivity contribution in [2.75, 3.05) is 23.7 Å². The van der Waals surface area contributed by atoms with Crippen LogP contribution >= 0.6 is 34.4 Å². The van der Waals surface area contributed by atoms with Gasteiger partial charge in [0, 0.05) is 20.1 Å². The standard InChI is InChI=1S/C23H24N6OS3/c1-28-17-9-4-3-8-16(17)25-22(28)32-15-20(30)27-24-14-19-21(18-10-7-13-31-18)26-23(33-19)29-11-5-2-6-12-29/h3-4,7-10,13-14H,2,5-6,11-12,15H2,1H3,(H,27,30)/b24-14-. The largest absolute Gasteiger partial charge is 0.348 e. The lowest BCUT2D eigenvalue weighted by Gasteiger charge is -2.25. The van der Waals surface area contributed by atoms with E-state index in [-0.39, 0.29) is 11.7 Å². The van der Waals surface area contributed by atoms with Crippen LogP contribution < -0.4 is 10.3 Å². The molecule has 1 saturated heterocycles. The van der Waals surface area contributed by atoms with Gasteiger partial charge in [0.25, 0.3) is 5.91 Å². The van der Waals surface area contributed by atoms with E-state index in [4.69, 9.17) is 4.98 Å². The van der Waals surface area contributed by atoms with E-state index < -0.39 is 0 Å². The third kappa shape index (κ3) is 4.97. The second-order valence-electron chi connectivity index (χ2n) is 7.76. The van der Waals surface area contributed by atoms with E-state index in [1.54, 1.807) is 28.9 Å². The van der Waals surface area contributed by atoms with Crippen LogP contribution in [0.2, 0.25) is 0 Å². The minimum atomic E-state index is -0.165. The monoisotopic (exact) mass is 496 g/mol. The first-order chi connectivity index (χ1) is 16.2. The van der Waals surface area contributed by atoms with Crippen molar-refractivity contribution < 1.29 is 4.79 Å². The molecule has 0 saturated carbocycles. The number of aryl methyl sites for hydroxylation is 1. The number of carbonyl (C=O) groups excluding carboxylic acids is 1. The van der Waals surface area contributed by atoms with Crippen LogP contribution in [0.3, 0.4) is 0 Å². The number of thioether (sulfide) groups is 1. The predicted molar refractivity (Wildman–Crippen MR) is 139 cm³/mol. The Bertz CT molecular complexity index is 1270. The van der Waals surface area contributed by atoms with E-state index in [1.165, 1.54) is 31.0 Å². The average molecular weight is 497 g/mol. The number of nitrogens with zero attached hydrogens (tertiary/aromatic N) is 5. The van der Waals surface area contributed by atoms with Crippen molar-refractivity contribution in [1.29, 1.82) is 0 Å². The van der Waals surface area contributed by atoms with Crippen molar-refractivity contribution in [3.63, 3.8) is 0 Å². The van der Waals surface area contributed by atoms with Crippen LogP contribution in [0.4, 0.5) is 5.13 Å². The topological polar surface area (TPSA) is 75.4 Å². The summed E-state index contributed by atoms with van der Waals surface area (Å²) in [4.78, 5) is 26.3. The zero-order valence-electron chi connectivity index (χ0n) is 18.2. The number of hydrogen-bond donors (Lipinski definition) is 1. The van der Waals surface area contributed by atoms with E-state index in [9.17, 15) is 4.79 Å². The number of hydrogen-bond acceptors (Lipinski definition) is 8. The fourth-order valence-corrected chi connectivity index (χ4v) is 6.37. The molecule has 0 aliphatic carbocycles. The maximum absolute atomic E-state index is 12.4. The molecule has 0 bridgehead atoms. The molecule has 7 nitrogen and oxygen atoms in total. The van der Waals surface area contributed by atoms with Gasteiger partial charge in [0.05, 0.1) is 32.8 Å². The SMILES string of the molecule is Cn1c(SCC(=O)N/N=C\c2sc(N3CCCCC3)nc2-c2cccs2)nc2ccccc21. The number of thiazole rings is 1. The minimum absolute atomic E-state index is 0.165. The quantitative estimate of drug-likeness (QED) is 0.222. The number of rotatable bonds is 7. The molecule has 3 aromatic heterocycles. The van der Waals surface area contributed by atoms with Crippen molar-refractivity contribution in [2.24, 2.45) is 12.1 Å². The van der Waals surface area contributed by atoms with Crippen LogP contribution in [0.15, 0.2) is 52.0 Å². The third-order valence-corrected chi connectivity index (χ3v) is 8.43. The summed E-state index contributed by atoms with van der Waals surface area (Å²) in [6.45, 7) is 2.09. The lowest BCUT2D eigenvalue weighted by atomic mass is 10.1. The van der Waals surface area contributed by atoms with Gasteiger partial charge in [-0.15, -0.1) is 11.3 Å². The number of para-hydroxylation sites is 2. The zero-order chi connectivity index (χ0) is 22.6. The molecular formula is C23H24N6OS3. The molecule has 1 aliphatic rings. The molecule has 0 atom stereocenters. The minimum Gasteiger partial charge on any atom is -0.348 e. The second-order valence-corrected chi connectivity index (χ2v) is 10.7. The van der Waals surface area contributed by atoms with Gasteiger partial charge < -0.3 is 9.47 Å². The van der Waals surface area contributed by atoms with Gasteiger partial charge >= 0.3 is 0 Å². The number of nitrogens with one attached hydrogen (secondary N) is 1. The summed E-state index contributed by atoms with van der Waals surface area (Å²) in [5.41, 5.74) is 5.57. The van der Waals surface area contributed by atoms with Crippen LogP contribution in [0.25, 0.3) is 21.6 Å². The van der Waals surface area contributed by atoms with E-state index in [1.807, 2.05) is 41.9 Å². The van der Waals surface area contributed by atoms with E-state index in [2.05, 4.69) is 31.9 Å². The highest BCUT2D eigenvalue weighted by Crippen LogP contribution is 2.35. The molecule has 1 fully saturated rings. The van der Waals surface area contributed by atoms with Gasteiger partial charge in [-0.3, -0.25) is 4.79 Å². The molecule has 1 aromatic carbocycles. The van der Waals surface area contributed by atoms with Gasteiger partial charge in [-0.05, 0) is 42.8 Å². The number of aromatic nitrogens is 3. The number of anilines is 1. The summed E-state index contributed by atoms with van der Waals surface area (Å²) in [6, 6.07) is 12.0. The molecule has 1 aliphatic heterocycles. The Morgan fingerprint density at radius 3 is 2.82 bits per heavy atom. The Morgan fingerprint density at radius 2 is 2.03 bits per heavy atom. The molecular weight excluding hydrogens is 472 g/mol. The number of carbonyl (C=O) groups is 1. The highest BCUT2D eigenvalue weighted by Gasteiger charge is 2.19. The second kappa shape index (κ2) is 10.1. The molecule has 0 spiro atoms. The fourth-order valence-electron chi connectivity index (χ4n) is 3.80. The molecule has 0 radical (unpaired) electrons. The smallest absolute Gasteiger partial charge is 0.250 e. The van der Waals surface area contributed by atoms with Crippen LogP contribution in [-0.2, 0) is 11.8 Å². The van der Waals surface area contributed by atoms with Crippen molar-refractivity contribution >= 4 is 62.7 Å². The first-order valence-electron chi connectivity index (χ1n) is 10.8. The van der Waals surface area contributed by atoms with Crippen LogP contribution in [0.5, 0.6) is 0 Å². The predicted octanol–water partition coefficient (Wildman–Crippen LogP) is 4.99. The van der Waals surface area contributed by atoms with Gasteiger partial charge in [-0.1, -0.05) is 41.3 Å². The number of piperidine rings is 1. The Labute approximate surface area is 204 Å². The summed E-state index contributed by atoms with van der Waals surface area (Å²) in [5.74, 6) is 0.0790. The summed E-state index contributed by atoms with van der Waals surface area (Å²) < 4.78 is 2.00. The summed E-state index contributed by atoms with van der Waals surface area (Å²) >= 11 is 4.70. The number of thiophene rings is 1. The first kappa shape index (κ1) is 22.1. The van der Waals surface area contributed by atoms with E-state index in [0.717, 1.165) is 49.9 Å². The first-order valence-corrected chi connectivity index (χ1v) is 13.5. The normalized spacial score (nSPS) is 14.4. The number of fused-ring (bicyclic) bond motifs is 1. The van der Waals surface area contributed by atoms with Crippen molar-refractivity contribution in [3.8, 4) is 10.6 Å². The Kier molecular flexibility index (Phi) is 6.75. The van der Waals surface area contributed by atoms with Gasteiger partial charge in [-0.2, -0.15) is 5.10 Å². The van der Waals surface area contributed by atoms with Crippen molar-refractivity contribution in [2.45, 2.75) is 24.4 Å². The number of hydrazone groups is 1. The van der Waals surface area contributed by atoms with Crippen molar-refractivity contribution in [1.82, 2.24) is 20.0 Å². The third-order valence-electron chi connectivity index (χ3n) is 5.47. The van der Waals surface area contributed by atoms with E-state index in [0.29, 0.717) is 0 Å². The lowest BCUT2D eigenvalue weighted by Crippen LogP contribution is -2.29. The summed E-state index contributed by atoms with van der Waals surface area (Å²) in [7, 11) is 1.96. The highest BCUT2D eigenvalue weighted by molar-refractivity contribution is 7.99.